The summed E-state index contributed by atoms with van der Waals surface area (Å²) in [6.07, 6.45) is 0. The normalized spacial score (nSPS) is 14.0. The first-order valence-corrected chi connectivity index (χ1v) is 10.1. The predicted molar refractivity (Wildman–Crippen MR) is 109 cm³/mol. The Morgan fingerprint density at radius 1 is 0.963 bits per heavy atom. The molecule has 0 saturated heterocycles. The van der Waals surface area contributed by atoms with Gasteiger partial charge in [0.1, 0.15) is 10.7 Å². The first-order valence-electron chi connectivity index (χ1n) is 8.64. The van der Waals surface area contributed by atoms with Gasteiger partial charge >= 0.3 is 0 Å². The number of aliphatic imine (C=N–C) groups is 1. The van der Waals surface area contributed by atoms with Gasteiger partial charge in [0.05, 0.1) is 5.69 Å². The van der Waals surface area contributed by atoms with Crippen molar-refractivity contribution in [2.75, 3.05) is 5.32 Å². The van der Waals surface area contributed by atoms with Crippen molar-refractivity contribution in [2.45, 2.75) is 31.1 Å². The van der Waals surface area contributed by atoms with Crippen LogP contribution >= 0.6 is 0 Å². The average Bonchev–Trinajstić information content (AvgIpc) is 2.60. The summed E-state index contributed by atoms with van der Waals surface area (Å²) in [4.78, 5) is 4.57. The summed E-state index contributed by atoms with van der Waals surface area (Å²) in [5, 5.41) is 4.42. The lowest BCUT2D eigenvalue weighted by Gasteiger charge is -2.22. The standard InChI is InChI=1S/C21H20N2O3S/c1-21(2,3)14-9-7-13(8-10-14)20-22-16-6-4-5-15-18(27(24,25)26)12-11-17(23-20)19(15)16/h4-12H,1-3H3,(H,22,23)(H,24,25,26). The van der Waals surface area contributed by atoms with Gasteiger partial charge in [-0.05, 0) is 29.2 Å². The first kappa shape index (κ1) is 17.7. The van der Waals surface area contributed by atoms with Gasteiger partial charge in [0.25, 0.3) is 10.1 Å². The molecule has 0 radical (unpaired) electrons. The minimum Gasteiger partial charge on any atom is -0.339 e. The van der Waals surface area contributed by atoms with E-state index in [1.54, 1.807) is 18.2 Å². The van der Waals surface area contributed by atoms with Crippen molar-refractivity contribution >= 4 is 38.1 Å². The third kappa shape index (κ3) is 3.11. The van der Waals surface area contributed by atoms with E-state index in [1.807, 2.05) is 18.2 Å². The van der Waals surface area contributed by atoms with Crippen LogP contribution in [-0.4, -0.2) is 18.8 Å². The molecule has 0 bridgehead atoms. The van der Waals surface area contributed by atoms with E-state index in [4.69, 9.17) is 0 Å². The lowest BCUT2D eigenvalue weighted by atomic mass is 9.86. The Labute approximate surface area is 158 Å². The summed E-state index contributed by atoms with van der Waals surface area (Å²) in [6.45, 7) is 6.51. The molecule has 0 unspecified atom stereocenters. The molecule has 27 heavy (non-hydrogen) atoms. The highest BCUT2D eigenvalue weighted by Crippen LogP contribution is 2.39. The molecule has 0 atom stereocenters. The van der Waals surface area contributed by atoms with Gasteiger partial charge in [-0.1, -0.05) is 57.2 Å². The molecule has 0 aliphatic carbocycles. The van der Waals surface area contributed by atoms with Gasteiger partial charge in [-0.3, -0.25) is 4.55 Å². The second-order valence-corrected chi connectivity index (χ2v) is 9.09. The number of nitrogens with zero attached hydrogens (tertiary/aromatic N) is 1. The van der Waals surface area contributed by atoms with Gasteiger partial charge in [0.2, 0.25) is 0 Å². The summed E-state index contributed by atoms with van der Waals surface area (Å²) < 4.78 is 32.8. The Bertz CT molecular complexity index is 1190. The van der Waals surface area contributed by atoms with Crippen molar-refractivity contribution in [3.05, 3.63) is 65.7 Å². The minimum atomic E-state index is -4.31. The zero-order valence-electron chi connectivity index (χ0n) is 15.3. The van der Waals surface area contributed by atoms with Crippen LogP contribution in [0.3, 0.4) is 0 Å². The molecular weight excluding hydrogens is 360 g/mol. The third-order valence-corrected chi connectivity index (χ3v) is 5.68. The second kappa shape index (κ2) is 5.90. The molecule has 0 amide bonds. The van der Waals surface area contributed by atoms with Crippen LogP contribution in [0.1, 0.15) is 31.9 Å². The maximum Gasteiger partial charge on any atom is 0.295 e. The van der Waals surface area contributed by atoms with Gasteiger partial charge in [-0.25, -0.2) is 4.99 Å². The van der Waals surface area contributed by atoms with Gasteiger partial charge in [0, 0.05) is 22.0 Å². The topological polar surface area (TPSA) is 78.8 Å². The van der Waals surface area contributed by atoms with E-state index in [0.717, 1.165) is 11.3 Å². The molecule has 5 nitrogen and oxygen atoms in total. The smallest absolute Gasteiger partial charge is 0.295 e. The molecule has 0 saturated carbocycles. The molecule has 0 spiro atoms. The minimum absolute atomic E-state index is 0.0741. The van der Waals surface area contributed by atoms with Crippen LogP contribution in [-0.2, 0) is 15.5 Å². The molecule has 2 N–H and O–H groups in total. The van der Waals surface area contributed by atoms with Crippen LogP contribution < -0.4 is 5.32 Å². The number of rotatable bonds is 2. The molecule has 138 valence electrons. The van der Waals surface area contributed by atoms with E-state index in [-0.39, 0.29) is 10.3 Å². The van der Waals surface area contributed by atoms with E-state index >= 15 is 0 Å². The molecule has 0 fully saturated rings. The summed E-state index contributed by atoms with van der Waals surface area (Å²) >= 11 is 0. The highest BCUT2D eigenvalue weighted by Gasteiger charge is 2.22. The van der Waals surface area contributed by atoms with Crippen LogP contribution in [0.15, 0.2) is 64.5 Å². The number of nitrogens with one attached hydrogen (secondary N) is 1. The molecule has 1 aliphatic rings. The van der Waals surface area contributed by atoms with Crippen LogP contribution in [0.25, 0.3) is 10.8 Å². The first-order chi connectivity index (χ1) is 12.6. The highest BCUT2D eigenvalue weighted by molar-refractivity contribution is 7.86. The lowest BCUT2D eigenvalue weighted by Crippen LogP contribution is -2.17. The molecule has 1 aliphatic heterocycles. The van der Waals surface area contributed by atoms with E-state index in [9.17, 15) is 13.0 Å². The molecule has 4 rings (SSSR count). The van der Waals surface area contributed by atoms with Crippen LogP contribution in [0.5, 0.6) is 0 Å². The number of amidine groups is 1. The molecule has 0 aromatic heterocycles. The molecule has 6 heteroatoms. The predicted octanol–water partition coefficient (Wildman–Crippen LogP) is 4.89. The Morgan fingerprint density at radius 2 is 1.67 bits per heavy atom. The van der Waals surface area contributed by atoms with Crippen molar-refractivity contribution in [1.29, 1.82) is 0 Å². The monoisotopic (exact) mass is 380 g/mol. The van der Waals surface area contributed by atoms with Gasteiger partial charge in [-0.15, -0.1) is 0 Å². The molecule has 1 heterocycles. The van der Waals surface area contributed by atoms with Crippen molar-refractivity contribution in [2.24, 2.45) is 4.99 Å². The summed E-state index contributed by atoms with van der Waals surface area (Å²) in [5.41, 5.74) is 3.69. The van der Waals surface area contributed by atoms with E-state index < -0.39 is 10.1 Å². The molecule has 3 aromatic carbocycles. The maximum absolute atomic E-state index is 11.7. The number of hydrogen-bond donors (Lipinski definition) is 2. The van der Waals surface area contributed by atoms with Gasteiger partial charge in [-0.2, -0.15) is 8.42 Å². The summed E-state index contributed by atoms with van der Waals surface area (Å²) in [7, 11) is -4.31. The van der Waals surface area contributed by atoms with E-state index in [2.05, 4.69) is 43.2 Å². The average molecular weight is 380 g/mol. The Morgan fingerprint density at radius 3 is 2.30 bits per heavy atom. The summed E-state index contributed by atoms with van der Waals surface area (Å²) in [5.74, 6) is 0.704. The highest BCUT2D eigenvalue weighted by atomic mass is 32.2. The van der Waals surface area contributed by atoms with Gasteiger partial charge < -0.3 is 5.32 Å². The number of benzene rings is 3. The lowest BCUT2D eigenvalue weighted by molar-refractivity contribution is 0.484. The van der Waals surface area contributed by atoms with Crippen molar-refractivity contribution < 1.29 is 13.0 Å². The fourth-order valence-electron chi connectivity index (χ4n) is 3.32. The summed E-state index contributed by atoms with van der Waals surface area (Å²) in [6, 6.07) is 16.6. The van der Waals surface area contributed by atoms with Gasteiger partial charge in [0.15, 0.2) is 0 Å². The van der Waals surface area contributed by atoms with E-state index in [1.165, 1.54) is 11.6 Å². The zero-order valence-corrected chi connectivity index (χ0v) is 16.1. The van der Waals surface area contributed by atoms with Crippen molar-refractivity contribution in [3.8, 4) is 0 Å². The SMILES string of the molecule is CC(C)(C)c1ccc(C2=Nc3ccc(S(=O)(=O)O)c4cccc(c34)N2)cc1. The van der Waals surface area contributed by atoms with Crippen molar-refractivity contribution in [1.82, 2.24) is 0 Å². The quantitative estimate of drug-likeness (QED) is 0.621. The zero-order chi connectivity index (χ0) is 19.4. The Balaban J connectivity index is 1.85. The van der Waals surface area contributed by atoms with Crippen molar-refractivity contribution in [3.63, 3.8) is 0 Å². The number of anilines is 1. The Kier molecular flexibility index (Phi) is 3.87. The largest absolute Gasteiger partial charge is 0.339 e. The fraction of sp³-hybridized carbons (Fsp3) is 0.190. The van der Waals surface area contributed by atoms with Crippen LogP contribution in [0.2, 0.25) is 0 Å². The second-order valence-electron chi connectivity index (χ2n) is 7.70. The molecular formula is C21H20N2O3S. The van der Waals surface area contributed by atoms with Crippen LogP contribution in [0, 0.1) is 0 Å². The van der Waals surface area contributed by atoms with E-state index in [0.29, 0.717) is 22.3 Å². The van der Waals surface area contributed by atoms with Crippen LogP contribution in [0.4, 0.5) is 11.4 Å². The fourth-order valence-corrected chi connectivity index (χ4v) is 4.01. The maximum atomic E-state index is 11.7. The molecule has 3 aromatic rings. The number of hydrogen-bond acceptors (Lipinski definition) is 4. The third-order valence-electron chi connectivity index (χ3n) is 4.77. The Hall–Kier alpha value is -2.70.